The van der Waals surface area contributed by atoms with E-state index in [1.165, 1.54) is 37.9 Å². The highest BCUT2D eigenvalue weighted by molar-refractivity contribution is 6.32. The van der Waals surface area contributed by atoms with Crippen molar-refractivity contribution in [1.82, 2.24) is 10.3 Å². The summed E-state index contributed by atoms with van der Waals surface area (Å²) in [5.41, 5.74) is 0.623. The van der Waals surface area contributed by atoms with Crippen LogP contribution in [-0.4, -0.2) is 57.5 Å². The second kappa shape index (κ2) is 12.0. The average molecular weight is 591 g/mol. The van der Waals surface area contributed by atoms with Crippen LogP contribution in [0.3, 0.4) is 0 Å². The van der Waals surface area contributed by atoms with Crippen LogP contribution >= 0.6 is 11.6 Å². The van der Waals surface area contributed by atoms with Gasteiger partial charge in [0.25, 0.3) is 5.91 Å². The van der Waals surface area contributed by atoms with Gasteiger partial charge in [-0.15, -0.1) is 0 Å². The van der Waals surface area contributed by atoms with Gasteiger partial charge in [0.05, 0.1) is 24.4 Å². The molecule has 41 heavy (non-hydrogen) atoms. The maximum Gasteiger partial charge on any atom is 0.322 e. The standard InChI is InChI=1S/C32H47ClN2O6/c1-4-21-24-15-20(36)9-11-32(24,3)23-10-12-31(2)19(7-8-22(31)27(23)28(21)39)6-5-13-41-30-25(33)14-18(16-35-30)29(40)34-17-26(37)38/h14,16,19-24,27-28,36,39H,4-13,15,17H2,1-3H3,(H,34,40)(H,37,38)/t19-,20+,21+,22-,23-,24-,27-,28+,31+,32+/m0/s1. The van der Waals surface area contributed by atoms with Crippen LogP contribution in [0.15, 0.2) is 12.3 Å². The van der Waals surface area contributed by atoms with E-state index in [-0.39, 0.29) is 45.4 Å². The van der Waals surface area contributed by atoms with Crippen molar-refractivity contribution in [2.45, 2.75) is 97.2 Å². The molecule has 10 atom stereocenters. The van der Waals surface area contributed by atoms with Gasteiger partial charge in [0.1, 0.15) is 11.6 Å². The van der Waals surface area contributed by atoms with Crippen LogP contribution in [0.4, 0.5) is 0 Å². The van der Waals surface area contributed by atoms with E-state index in [9.17, 15) is 19.8 Å². The molecule has 0 aromatic carbocycles. The molecule has 5 rings (SSSR count). The number of amides is 1. The highest BCUT2D eigenvalue weighted by Crippen LogP contribution is 2.69. The molecule has 0 unspecified atom stereocenters. The lowest BCUT2D eigenvalue weighted by atomic mass is 9.41. The third-order valence-electron chi connectivity index (χ3n) is 12.0. The molecule has 1 aromatic rings. The zero-order valence-corrected chi connectivity index (χ0v) is 25.4. The summed E-state index contributed by atoms with van der Waals surface area (Å²) in [6.45, 7) is 7.18. The molecular weight excluding hydrogens is 544 g/mol. The summed E-state index contributed by atoms with van der Waals surface area (Å²) < 4.78 is 5.88. The number of hydrogen-bond donors (Lipinski definition) is 4. The van der Waals surface area contributed by atoms with Gasteiger partial charge in [0, 0.05) is 6.20 Å². The van der Waals surface area contributed by atoms with E-state index in [0.29, 0.717) is 36.2 Å². The molecule has 4 aliphatic rings. The van der Waals surface area contributed by atoms with Gasteiger partial charge in [-0.2, -0.15) is 0 Å². The van der Waals surface area contributed by atoms with E-state index >= 15 is 0 Å². The van der Waals surface area contributed by atoms with Crippen LogP contribution in [0.5, 0.6) is 5.88 Å². The molecule has 0 radical (unpaired) electrons. The molecule has 228 valence electrons. The average Bonchev–Trinajstić information content (AvgIpc) is 3.27. The number of aliphatic hydroxyl groups is 2. The predicted octanol–water partition coefficient (Wildman–Crippen LogP) is 5.34. The lowest BCUT2D eigenvalue weighted by molar-refractivity contribution is -0.202. The Bertz CT molecular complexity index is 1130. The van der Waals surface area contributed by atoms with Gasteiger partial charge in [-0.1, -0.05) is 38.8 Å². The molecule has 0 spiro atoms. The Morgan fingerprint density at radius 1 is 1.10 bits per heavy atom. The maximum absolute atomic E-state index is 12.1. The summed E-state index contributed by atoms with van der Waals surface area (Å²) in [7, 11) is 0. The Balaban J connectivity index is 1.19. The number of halogens is 1. The SMILES string of the molecule is CC[C@H]1[C@@H](O)[C@@H]2[C@H](CC[C@]3(C)[C@@H](CCCOc4ncc(C(=O)NCC(=O)O)cc4Cl)CC[C@@H]23)[C@@]2(C)CC[C@@H](O)C[C@@H]12. The third-order valence-corrected chi connectivity index (χ3v) is 12.3. The number of aliphatic hydroxyl groups excluding tert-OH is 2. The zero-order chi connectivity index (χ0) is 29.5. The lowest BCUT2D eigenvalue weighted by Crippen LogP contribution is -2.62. The molecule has 0 saturated heterocycles. The van der Waals surface area contributed by atoms with E-state index in [2.05, 4.69) is 31.1 Å². The molecule has 4 saturated carbocycles. The first-order chi connectivity index (χ1) is 19.5. The third kappa shape index (κ3) is 5.61. The first-order valence-electron chi connectivity index (χ1n) is 15.6. The van der Waals surface area contributed by atoms with Gasteiger partial charge < -0.3 is 25.4 Å². The van der Waals surface area contributed by atoms with Gasteiger partial charge in [0.15, 0.2) is 0 Å². The fraction of sp³-hybridized carbons (Fsp3) is 0.781. The second-order valence-corrected chi connectivity index (χ2v) is 14.2. The van der Waals surface area contributed by atoms with E-state index in [1.807, 2.05) is 0 Å². The number of carbonyl (C=O) groups excluding carboxylic acids is 1. The fourth-order valence-corrected chi connectivity index (χ4v) is 10.2. The molecule has 8 nitrogen and oxygen atoms in total. The number of rotatable bonds is 9. The molecule has 4 fully saturated rings. The number of ether oxygens (including phenoxy) is 1. The number of carboxylic acid groups (broad SMARTS) is 1. The monoisotopic (exact) mass is 590 g/mol. The molecule has 0 aliphatic heterocycles. The van der Waals surface area contributed by atoms with Gasteiger partial charge >= 0.3 is 5.97 Å². The number of pyridine rings is 1. The summed E-state index contributed by atoms with van der Waals surface area (Å²) in [5.74, 6) is 1.31. The van der Waals surface area contributed by atoms with Crippen LogP contribution in [0.1, 0.15) is 95.3 Å². The number of hydrogen-bond acceptors (Lipinski definition) is 6. The molecule has 1 amide bonds. The Hall–Kier alpha value is -1.90. The summed E-state index contributed by atoms with van der Waals surface area (Å²) in [5, 5.41) is 33.6. The predicted molar refractivity (Wildman–Crippen MR) is 156 cm³/mol. The van der Waals surface area contributed by atoms with Crippen molar-refractivity contribution in [2.24, 2.45) is 46.3 Å². The molecular formula is C32H47ClN2O6. The quantitative estimate of drug-likeness (QED) is 0.286. The van der Waals surface area contributed by atoms with Crippen molar-refractivity contribution >= 4 is 23.5 Å². The van der Waals surface area contributed by atoms with E-state index in [4.69, 9.17) is 21.4 Å². The number of aliphatic carboxylic acids is 1. The summed E-state index contributed by atoms with van der Waals surface area (Å²) in [6, 6.07) is 1.44. The van der Waals surface area contributed by atoms with Crippen molar-refractivity contribution in [3.63, 3.8) is 0 Å². The number of carboxylic acids is 1. The Kier molecular flexibility index (Phi) is 8.94. The number of aromatic nitrogens is 1. The van der Waals surface area contributed by atoms with Gasteiger partial charge in [-0.3, -0.25) is 9.59 Å². The maximum atomic E-state index is 12.1. The minimum absolute atomic E-state index is 0.184. The number of carbonyl (C=O) groups is 2. The summed E-state index contributed by atoms with van der Waals surface area (Å²) in [4.78, 5) is 26.9. The number of nitrogens with zero attached hydrogens (tertiary/aromatic N) is 1. The first kappa shape index (κ1) is 30.6. The molecule has 4 N–H and O–H groups in total. The zero-order valence-electron chi connectivity index (χ0n) is 24.7. The van der Waals surface area contributed by atoms with Crippen molar-refractivity contribution in [1.29, 1.82) is 0 Å². The normalized spacial score (nSPS) is 39.8. The lowest BCUT2D eigenvalue weighted by Gasteiger charge is -2.64. The van der Waals surface area contributed by atoms with Crippen LogP contribution in [0.25, 0.3) is 0 Å². The minimum Gasteiger partial charge on any atom is -0.480 e. The summed E-state index contributed by atoms with van der Waals surface area (Å²) >= 11 is 6.30. The summed E-state index contributed by atoms with van der Waals surface area (Å²) in [6.07, 6.45) is 11.3. The largest absolute Gasteiger partial charge is 0.480 e. The van der Waals surface area contributed by atoms with Crippen molar-refractivity contribution in [2.75, 3.05) is 13.2 Å². The van der Waals surface area contributed by atoms with Crippen LogP contribution in [0, 0.1) is 46.3 Å². The van der Waals surface area contributed by atoms with Gasteiger partial charge in [-0.25, -0.2) is 4.98 Å². The Morgan fingerprint density at radius 3 is 2.54 bits per heavy atom. The van der Waals surface area contributed by atoms with Crippen LogP contribution in [-0.2, 0) is 4.79 Å². The molecule has 9 heteroatoms. The highest BCUT2D eigenvalue weighted by atomic mass is 35.5. The molecule has 1 aromatic heterocycles. The molecule has 4 aliphatic carbocycles. The van der Waals surface area contributed by atoms with Crippen molar-refractivity contribution in [3.05, 3.63) is 22.8 Å². The minimum atomic E-state index is -1.12. The van der Waals surface area contributed by atoms with Gasteiger partial charge in [-0.05, 0) is 110 Å². The highest BCUT2D eigenvalue weighted by Gasteiger charge is 2.64. The first-order valence-corrected chi connectivity index (χ1v) is 16.0. The molecule has 0 bridgehead atoms. The number of nitrogens with one attached hydrogen (secondary N) is 1. The fourth-order valence-electron chi connectivity index (χ4n) is 9.95. The van der Waals surface area contributed by atoms with Crippen LogP contribution < -0.4 is 10.1 Å². The van der Waals surface area contributed by atoms with E-state index < -0.39 is 18.4 Å². The molecule has 1 heterocycles. The number of fused-ring (bicyclic) bond motifs is 5. The Labute approximate surface area is 248 Å². The Morgan fingerprint density at radius 2 is 1.83 bits per heavy atom. The van der Waals surface area contributed by atoms with Crippen LogP contribution in [0.2, 0.25) is 5.02 Å². The topological polar surface area (TPSA) is 129 Å². The second-order valence-electron chi connectivity index (χ2n) is 13.8. The van der Waals surface area contributed by atoms with Gasteiger partial charge in [0.2, 0.25) is 5.88 Å². The van der Waals surface area contributed by atoms with Crippen molar-refractivity contribution < 1.29 is 29.6 Å². The van der Waals surface area contributed by atoms with E-state index in [1.54, 1.807) is 0 Å². The van der Waals surface area contributed by atoms with E-state index in [0.717, 1.165) is 38.5 Å². The smallest absolute Gasteiger partial charge is 0.322 e. The van der Waals surface area contributed by atoms with Crippen molar-refractivity contribution in [3.8, 4) is 5.88 Å².